The SMILES string of the molecule is Cc1ccc(CC(N)c2cc(C)ccn2)cc1. The Kier molecular flexibility index (Phi) is 3.55. The molecule has 0 aliphatic heterocycles. The van der Waals surface area contributed by atoms with Gasteiger partial charge in [0, 0.05) is 6.20 Å². The molecule has 1 aromatic heterocycles. The van der Waals surface area contributed by atoms with Gasteiger partial charge in [0.2, 0.25) is 0 Å². The molecule has 2 nitrogen and oxygen atoms in total. The Morgan fingerprint density at radius 3 is 2.41 bits per heavy atom. The summed E-state index contributed by atoms with van der Waals surface area (Å²) in [6.45, 7) is 4.15. The molecule has 0 saturated heterocycles. The van der Waals surface area contributed by atoms with Crippen LogP contribution in [0.5, 0.6) is 0 Å². The molecule has 0 aliphatic rings. The second kappa shape index (κ2) is 5.11. The summed E-state index contributed by atoms with van der Waals surface area (Å²) in [5, 5.41) is 0. The van der Waals surface area contributed by atoms with E-state index in [0.29, 0.717) is 0 Å². The van der Waals surface area contributed by atoms with E-state index in [9.17, 15) is 0 Å². The number of aromatic nitrogens is 1. The Bertz CT molecular complexity index is 489. The van der Waals surface area contributed by atoms with Crippen LogP contribution < -0.4 is 5.73 Å². The van der Waals surface area contributed by atoms with E-state index in [1.807, 2.05) is 12.3 Å². The molecule has 2 aromatic rings. The first-order chi connectivity index (χ1) is 8.15. The molecule has 2 rings (SSSR count). The number of nitrogens with zero attached hydrogens (tertiary/aromatic N) is 1. The zero-order valence-corrected chi connectivity index (χ0v) is 10.4. The molecule has 0 spiro atoms. The zero-order valence-electron chi connectivity index (χ0n) is 10.4. The lowest BCUT2D eigenvalue weighted by Crippen LogP contribution is -2.15. The molecule has 1 unspecified atom stereocenters. The zero-order chi connectivity index (χ0) is 12.3. The third-order valence-electron chi connectivity index (χ3n) is 2.89. The van der Waals surface area contributed by atoms with Crippen molar-refractivity contribution in [2.45, 2.75) is 26.3 Å². The number of pyridine rings is 1. The summed E-state index contributed by atoms with van der Waals surface area (Å²) >= 11 is 0. The van der Waals surface area contributed by atoms with Crippen LogP contribution in [0.4, 0.5) is 0 Å². The van der Waals surface area contributed by atoms with Gasteiger partial charge in [-0.1, -0.05) is 29.8 Å². The van der Waals surface area contributed by atoms with Crippen LogP contribution in [-0.4, -0.2) is 4.98 Å². The summed E-state index contributed by atoms with van der Waals surface area (Å²) in [7, 11) is 0. The number of hydrogen-bond acceptors (Lipinski definition) is 2. The Hall–Kier alpha value is -1.67. The molecule has 17 heavy (non-hydrogen) atoms. The topological polar surface area (TPSA) is 38.9 Å². The smallest absolute Gasteiger partial charge is 0.0577 e. The van der Waals surface area contributed by atoms with Crippen LogP contribution >= 0.6 is 0 Å². The fourth-order valence-electron chi connectivity index (χ4n) is 1.84. The van der Waals surface area contributed by atoms with Crippen LogP contribution in [0.2, 0.25) is 0 Å². The van der Waals surface area contributed by atoms with E-state index < -0.39 is 0 Å². The van der Waals surface area contributed by atoms with Gasteiger partial charge in [-0.2, -0.15) is 0 Å². The van der Waals surface area contributed by atoms with Crippen molar-refractivity contribution in [3.63, 3.8) is 0 Å². The third-order valence-corrected chi connectivity index (χ3v) is 2.89. The van der Waals surface area contributed by atoms with Gasteiger partial charge in [-0.05, 0) is 43.5 Å². The molecule has 0 bridgehead atoms. The summed E-state index contributed by atoms with van der Waals surface area (Å²) in [4.78, 5) is 4.33. The van der Waals surface area contributed by atoms with Gasteiger partial charge in [0.05, 0.1) is 11.7 Å². The normalized spacial score (nSPS) is 12.4. The van der Waals surface area contributed by atoms with E-state index in [-0.39, 0.29) is 6.04 Å². The quantitative estimate of drug-likeness (QED) is 0.874. The Morgan fingerprint density at radius 2 is 1.76 bits per heavy atom. The molecule has 0 radical (unpaired) electrons. The average Bonchev–Trinajstić information content (AvgIpc) is 2.32. The first kappa shape index (κ1) is 11.8. The van der Waals surface area contributed by atoms with Gasteiger partial charge in [-0.3, -0.25) is 4.98 Å². The van der Waals surface area contributed by atoms with Crippen LogP contribution in [0, 0.1) is 13.8 Å². The van der Waals surface area contributed by atoms with Gasteiger partial charge in [0.25, 0.3) is 0 Å². The van der Waals surface area contributed by atoms with Crippen molar-refractivity contribution in [1.82, 2.24) is 4.98 Å². The summed E-state index contributed by atoms with van der Waals surface area (Å²) in [5.41, 5.74) is 10.9. The maximum Gasteiger partial charge on any atom is 0.0577 e. The van der Waals surface area contributed by atoms with E-state index >= 15 is 0 Å². The summed E-state index contributed by atoms with van der Waals surface area (Å²) < 4.78 is 0. The van der Waals surface area contributed by atoms with Crippen molar-refractivity contribution in [3.8, 4) is 0 Å². The lowest BCUT2D eigenvalue weighted by molar-refractivity contribution is 0.695. The molecular weight excluding hydrogens is 208 g/mol. The summed E-state index contributed by atoms with van der Waals surface area (Å²) in [5.74, 6) is 0. The predicted octanol–water partition coefficient (Wildman–Crippen LogP) is 2.94. The molecule has 1 atom stereocenters. The average molecular weight is 226 g/mol. The van der Waals surface area contributed by atoms with Gasteiger partial charge >= 0.3 is 0 Å². The van der Waals surface area contributed by atoms with Gasteiger partial charge in [0.1, 0.15) is 0 Å². The molecule has 0 fully saturated rings. The predicted molar refractivity (Wildman–Crippen MR) is 70.8 cm³/mol. The molecule has 1 heterocycles. The number of rotatable bonds is 3. The number of hydrogen-bond donors (Lipinski definition) is 1. The van der Waals surface area contributed by atoms with Crippen molar-refractivity contribution >= 4 is 0 Å². The van der Waals surface area contributed by atoms with E-state index in [1.54, 1.807) is 0 Å². The second-order valence-corrected chi connectivity index (χ2v) is 4.55. The van der Waals surface area contributed by atoms with Crippen LogP contribution in [0.1, 0.15) is 28.4 Å². The minimum Gasteiger partial charge on any atom is -0.322 e. The van der Waals surface area contributed by atoms with Crippen molar-refractivity contribution in [1.29, 1.82) is 0 Å². The Morgan fingerprint density at radius 1 is 1.06 bits per heavy atom. The molecular formula is C15H18N2. The highest BCUT2D eigenvalue weighted by atomic mass is 14.8. The molecule has 0 aliphatic carbocycles. The molecule has 0 saturated carbocycles. The highest BCUT2D eigenvalue weighted by Crippen LogP contribution is 2.15. The molecule has 1 aromatic carbocycles. The largest absolute Gasteiger partial charge is 0.322 e. The first-order valence-electron chi connectivity index (χ1n) is 5.89. The maximum atomic E-state index is 6.17. The standard InChI is InChI=1S/C15H18N2/c1-11-3-5-13(6-4-11)10-14(16)15-9-12(2)7-8-17-15/h3-9,14H,10,16H2,1-2H3. The van der Waals surface area contributed by atoms with Crippen molar-refractivity contribution < 1.29 is 0 Å². The first-order valence-corrected chi connectivity index (χ1v) is 5.89. The Labute approximate surface area is 103 Å². The second-order valence-electron chi connectivity index (χ2n) is 4.55. The van der Waals surface area contributed by atoms with E-state index in [0.717, 1.165) is 12.1 Å². The van der Waals surface area contributed by atoms with E-state index in [1.165, 1.54) is 16.7 Å². The monoisotopic (exact) mass is 226 g/mol. The van der Waals surface area contributed by atoms with Crippen LogP contribution in [0.25, 0.3) is 0 Å². The van der Waals surface area contributed by atoms with Crippen LogP contribution in [0.3, 0.4) is 0 Å². The molecule has 88 valence electrons. The third kappa shape index (κ3) is 3.14. The van der Waals surface area contributed by atoms with Gasteiger partial charge in [-0.25, -0.2) is 0 Å². The number of aryl methyl sites for hydroxylation is 2. The lowest BCUT2D eigenvalue weighted by atomic mass is 10.0. The highest BCUT2D eigenvalue weighted by molar-refractivity contribution is 5.24. The van der Waals surface area contributed by atoms with Gasteiger partial charge in [-0.15, -0.1) is 0 Å². The summed E-state index contributed by atoms with van der Waals surface area (Å²) in [6.07, 6.45) is 2.65. The molecule has 2 heteroatoms. The minimum atomic E-state index is -0.0300. The molecule has 0 amide bonds. The van der Waals surface area contributed by atoms with Crippen molar-refractivity contribution in [2.75, 3.05) is 0 Å². The Balaban J connectivity index is 2.11. The van der Waals surface area contributed by atoms with E-state index in [2.05, 4.69) is 49.2 Å². The number of nitrogens with two attached hydrogens (primary N) is 1. The highest BCUT2D eigenvalue weighted by Gasteiger charge is 2.08. The van der Waals surface area contributed by atoms with Gasteiger partial charge in [0.15, 0.2) is 0 Å². The van der Waals surface area contributed by atoms with Crippen molar-refractivity contribution in [2.24, 2.45) is 5.73 Å². The van der Waals surface area contributed by atoms with Crippen LogP contribution in [0.15, 0.2) is 42.6 Å². The fourth-order valence-corrected chi connectivity index (χ4v) is 1.84. The lowest BCUT2D eigenvalue weighted by Gasteiger charge is -2.11. The van der Waals surface area contributed by atoms with Crippen LogP contribution in [-0.2, 0) is 6.42 Å². The minimum absolute atomic E-state index is 0.0300. The van der Waals surface area contributed by atoms with Gasteiger partial charge < -0.3 is 5.73 Å². The number of benzene rings is 1. The summed E-state index contributed by atoms with van der Waals surface area (Å²) in [6, 6.07) is 12.5. The van der Waals surface area contributed by atoms with Crippen molar-refractivity contribution in [3.05, 3.63) is 65.0 Å². The van der Waals surface area contributed by atoms with E-state index in [4.69, 9.17) is 5.73 Å². The maximum absolute atomic E-state index is 6.17. The fraction of sp³-hybridized carbons (Fsp3) is 0.267. The molecule has 2 N–H and O–H groups in total.